The second-order valence-corrected chi connectivity index (χ2v) is 4.99. The molecule has 0 aliphatic heterocycles. The Morgan fingerprint density at radius 2 is 2.20 bits per heavy atom. The van der Waals surface area contributed by atoms with E-state index >= 15 is 0 Å². The average molecular weight is 209 g/mol. The zero-order valence-electron chi connectivity index (χ0n) is 8.91. The van der Waals surface area contributed by atoms with E-state index < -0.39 is 0 Å². The lowest BCUT2D eigenvalue weighted by atomic mass is 9.86. The third-order valence-electron chi connectivity index (χ3n) is 4.15. The lowest BCUT2D eigenvalue weighted by molar-refractivity contribution is 0.399. The Hall–Kier alpha value is -1.06. The molecule has 1 heterocycles. The zero-order valence-corrected chi connectivity index (χ0v) is 8.91. The topological polar surface area (TPSA) is 43.8 Å². The molecule has 2 bridgehead atoms. The Morgan fingerprint density at radius 1 is 1.40 bits per heavy atom. The average Bonchev–Trinajstić information content (AvgIpc) is 2.89. The molecule has 1 aromatic heterocycles. The third kappa shape index (κ3) is 1.20. The minimum absolute atomic E-state index is 0.174. The van der Waals surface area contributed by atoms with Gasteiger partial charge < -0.3 is 5.73 Å². The summed E-state index contributed by atoms with van der Waals surface area (Å²) < 4.78 is 15.2. The molecular weight excluding hydrogens is 193 g/mol. The fourth-order valence-corrected chi connectivity index (χ4v) is 3.35. The molecule has 2 saturated carbocycles. The van der Waals surface area contributed by atoms with Crippen molar-refractivity contribution in [3.8, 4) is 0 Å². The summed E-state index contributed by atoms with van der Waals surface area (Å²) in [4.78, 5) is 0. The van der Waals surface area contributed by atoms with Gasteiger partial charge in [-0.1, -0.05) is 6.42 Å². The second kappa shape index (κ2) is 2.97. The Labute approximate surface area is 88.5 Å². The number of rotatable bonds is 1. The second-order valence-electron chi connectivity index (χ2n) is 4.99. The van der Waals surface area contributed by atoms with Crippen LogP contribution in [-0.2, 0) is 7.05 Å². The van der Waals surface area contributed by atoms with Gasteiger partial charge in [0.15, 0.2) is 11.6 Å². The van der Waals surface area contributed by atoms with Gasteiger partial charge in [0.2, 0.25) is 0 Å². The summed E-state index contributed by atoms with van der Waals surface area (Å²) in [5, 5.41) is 4.23. The van der Waals surface area contributed by atoms with Crippen molar-refractivity contribution in [2.75, 3.05) is 5.73 Å². The van der Waals surface area contributed by atoms with E-state index in [2.05, 4.69) is 5.10 Å². The normalized spacial score (nSPS) is 33.9. The van der Waals surface area contributed by atoms with Crippen molar-refractivity contribution in [2.45, 2.75) is 31.6 Å². The monoisotopic (exact) mass is 209 g/mol. The van der Waals surface area contributed by atoms with Gasteiger partial charge in [0, 0.05) is 13.0 Å². The van der Waals surface area contributed by atoms with Crippen LogP contribution < -0.4 is 5.73 Å². The van der Waals surface area contributed by atoms with Gasteiger partial charge >= 0.3 is 0 Å². The fourth-order valence-electron chi connectivity index (χ4n) is 3.35. The molecule has 0 spiro atoms. The van der Waals surface area contributed by atoms with Crippen LogP contribution in [0.5, 0.6) is 0 Å². The number of anilines is 1. The van der Waals surface area contributed by atoms with Crippen molar-refractivity contribution in [2.24, 2.45) is 18.9 Å². The van der Waals surface area contributed by atoms with Crippen molar-refractivity contribution in [1.82, 2.24) is 9.78 Å². The van der Waals surface area contributed by atoms with Gasteiger partial charge in [-0.05, 0) is 31.1 Å². The first-order valence-electron chi connectivity index (χ1n) is 5.64. The van der Waals surface area contributed by atoms with Gasteiger partial charge in [0.05, 0.1) is 0 Å². The zero-order chi connectivity index (χ0) is 10.6. The first-order valence-corrected chi connectivity index (χ1v) is 5.64. The molecule has 82 valence electrons. The van der Waals surface area contributed by atoms with Gasteiger partial charge in [0.1, 0.15) is 5.69 Å². The summed E-state index contributed by atoms with van der Waals surface area (Å²) in [5.74, 6) is 1.68. The summed E-state index contributed by atoms with van der Waals surface area (Å²) in [6.45, 7) is 0. The number of aromatic nitrogens is 2. The SMILES string of the molecule is Cn1nc(C2CC3CCC2C3)c(F)c1N. The molecule has 0 saturated heterocycles. The Bertz CT molecular complexity index is 399. The highest BCUT2D eigenvalue weighted by Gasteiger charge is 2.42. The predicted molar refractivity (Wildman–Crippen MR) is 55.8 cm³/mol. The number of aryl methyl sites for hydroxylation is 1. The molecule has 3 unspecified atom stereocenters. The molecule has 3 atom stereocenters. The minimum Gasteiger partial charge on any atom is -0.381 e. The lowest BCUT2D eigenvalue weighted by Crippen LogP contribution is -2.10. The van der Waals surface area contributed by atoms with Crippen LogP contribution >= 0.6 is 0 Å². The van der Waals surface area contributed by atoms with Gasteiger partial charge in [-0.25, -0.2) is 4.39 Å². The molecule has 4 heteroatoms. The van der Waals surface area contributed by atoms with Crippen LogP contribution in [0, 0.1) is 17.7 Å². The van der Waals surface area contributed by atoms with Crippen LogP contribution in [0.25, 0.3) is 0 Å². The summed E-state index contributed by atoms with van der Waals surface area (Å²) in [5.41, 5.74) is 6.21. The Kier molecular flexibility index (Phi) is 1.82. The maximum atomic E-state index is 13.8. The van der Waals surface area contributed by atoms with Crippen LogP contribution in [0.2, 0.25) is 0 Å². The van der Waals surface area contributed by atoms with E-state index in [1.54, 1.807) is 7.05 Å². The summed E-state index contributed by atoms with van der Waals surface area (Å²) in [7, 11) is 1.70. The third-order valence-corrected chi connectivity index (χ3v) is 4.15. The van der Waals surface area contributed by atoms with Crippen LogP contribution in [-0.4, -0.2) is 9.78 Å². The predicted octanol–water partition coefficient (Wildman–Crippen LogP) is 2.04. The fraction of sp³-hybridized carbons (Fsp3) is 0.727. The van der Waals surface area contributed by atoms with Crippen LogP contribution in [0.3, 0.4) is 0 Å². The summed E-state index contributed by atoms with van der Waals surface area (Å²) >= 11 is 0. The highest BCUT2D eigenvalue weighted by molar-refractivity contribution is 5.35. The van der Waals surface area contributed by atoms with Crippen LogP contribution in [0.1, 0.15) is 37.3 Å². The molecule has 3 rings (SSSR count). The number of nitrogen functional groups attached to an aromatic ring is 1. The Morgan fingerprint density at radius 3 is 2.67 bits per heavy atom. The molecule has 2 N–H and O–H groups in total. The van der Waals surface area contributed by atoms with E-state index in [0.29, 0.717) is 17.5 Å². The van der Waals surface area contributed by atoms with E-state index in [-0.39, 0.29) is 11.6 Å². The van der Waals surface area contributed by atoms with Crippen LogP contribution in [0.15, 0.2) is 0 Å². The molecule has 0 radical (unpaired) electrons. The van der Waals surface area contributed by atoms with Crippen molar-refractivity contribution >= 4 is 5.82 Å². The maximum Gasteiger partial charge on any atom is 0.188 e. The van der Waals surface area contributed by atoms with Crippen molar-refractivity contribution in [3.05, 3.63) is 11.5 Å². The van der Waals surface area contributed by atoms with E-state index in [0.717, 1.165) is 12.3 Å². The molecule has 0 aromatic carbocycles. The van der Waals surface area contributed by atoms with Gasteiger partial charge in [-0.15, -0.1) is 0 Å². The van der Waals surface area contributed by atoms with Crippen LogP contribution in [0.4, 0.5) is 10.2 Å². The first-order chi connectivity index (χ1) is 7.16. The number of fused-ring (bicyclic) bond motifs is 2. The van der Waals surface area contributed by atoms with Gasteiger partial charge in [-0.2, -0.15) is 5.10 Å². The van der Waals surface area contributed by atoms with E-state index in [1.165, 1.54) is 23.9 Å². The minimum atomic E-state index is -0.282. The van der Waals surface area contributed by atoms with E-state index in [1.807, 2.05) is 0 Å². The lowest BCUT2D eigenvalue weighted by Gasteiger charge is -2.19. The van der Waals surface area contributed by atoms with Crippen molar-refractivity contribution < 1.29 is 4.39 Å². The molecule has 0 amide bonds. The number of hydrogen-bond donors (Lipinski definition) is 1. The highest BCUT2D eigenvalue weighted by atomic mass is 19.1. The first kappa shape index (κ1) is 9.19. The maximum absolute atomic E-state index is 13.8. The number of nitrogens with two attached hydrogens (primary N) is 1. The molecule has 15 heavy (non-hydrogen) atoms. The molecule has 2 aliphatic rings. The molecule has 1 aromatic rings. The number of halogens is 1. The van der Waals surface area contributed by atoms with Crippen molar-refractivity contribution in [1.29, 1.82) is 0 Å². The summed E-state index contributed by atoms with van der Waals surface area (Å²) in [6, 6.07) is 0. The standard InChI is InChI=1S/C11H16FN3/c1-15-11(13)9(12)10(14-15)8-5-6-2-3-7(8)4-6/h6-8H,2-5,13H2,1H3. The molecule has 3 nitrogen and oxygen atoms in total. The van der Waals surface area contributed by atoms with E-state index in [9.17, 15) is 4.39 Å². The largest absolute Gasteiger partial charge is 0.381 e. The molecular formula is C11H16FN3. The smallest absolute Gasteiger partial charge is 0.188 e. The quantitative estimate of drug-likeness (QED) is 0.769. The molecule has 2 fully saturated rings. The number of hydrogen-bond acceptors (Lipinski definition) is 2. The van der Waals surface area contributed by atoms with Crippen molar-refractivity contribution in [3.63, 3.8) is 0 Å². The molecule has 2 aliphatic carbocycles. The summed E-state index contributed by atoms with van der Waals surface area (Å²) in [6.07, 6.45) is 4.94. The Balaban J connectivity index is 1.96. The number of nitrogens with zero attached hydrogens (tertiary/aromatic N) is 2. The van der Waals surface area contributed by atoms with Gasteiger partial charge in [0.25, 0.3) is 0 Å². The van der Waals surface area contributed by atoms with Gasteiger partial charge in [-0.3, -0.25) is 4.68 Å². The highest BCUT2D eigenvalue weighted by Crippen LogP contribution is 2.53. The van der Waals surface area contributed by atoms with E-state index in [4.69, 9.17) is 5.73 Å².